The average molecular weight is 1050 g/mol. The van der Waals surface area contributed by atoms with Crippen molar-refractivity contribution in [3.05, 3.63) is 60.8 Å². The Hall–Kier alpha value is -2.29. The number of esters is 2. The fraction of sp³-hybridized carbons (Fsp3) is 0.810. The standard InChI is InChI=1S/C63H116NO8P/c1-6-8-10-12-14-16-18-20-22-24-25-26-27-28-29-30-31-32-33-34-35-36-37-38-39-40-42-44-46-48-50-52-54-56-63(66)72-61(60-71-73(67,68)70-58-57-64(3,4)5)59-69-62(65)55-53-51-49-47-45-43-41-23-21-19-17-15-13-11-9-7-2/h8,10,14,16,20,22-23,25-26,41,61H,6-7,9,11-13,15,17-19,21,24,27-40,42-60H2,1-5H3/p+1/b10-8-,16-14-,22-20-,26-25-,41-23-. The minimum Gasteiger partial charge on any atom is -0.462 e. The number of nitrogens with zero attached hydrogens (tertiary/aromatic N) is 1. The summed E-state index contributed by atoms with van der Waals surface area (Å²) in [5.74, 6) is -0.797. The molecule has 0 spiro atoms. The Morgan fingerprint density at radius 2 is 0.781 bits per heavy atom. The number of ether oxygens (including phenoxy) is 2. The molecule has 426 valence electrons. The maximum Gasteiger partial charge on any atom is 0.472 e. The Kier molecular flexibility index (Phi) is 52.8. The summed E-state index contributed by atoms with van der Waals surface area (Å²) in [6.07, 6.45) is 70.2. The first-order valence-corrected chi connectivity index (χ1v) is 32.0. The van der Waals surface area contributed by atoms with Gasteiger partial charge in [0.25, 0.3) is 0 Å². The molecule has 0 aromatic carbocycles. The molecule has 2 atom stereocenters. The Morgan fingerprint density at radius 1 is 0.438 bits per heavy atom. The van der Waals surface area contributed by atoms with Gasteiger partial charge >= 0.3 is 19.8 Å². The fourth-order valence-electron chi connectivity index (χ4n) is 8.59. The number of phosphoric ester groups is 1. The molecule has 0 saturated heterocycles. The predicted octanol–water partition coefficient (Wildman–Crippen LogP) is 19.1. The number of hydrogen-bond acceptors (Lipinski definition) is 7. The van der Waals surface area contributed by atoms with Crippen molar-refractivity contribution in [2.75, 3.05) is 47.5 Å². The van der Waals surface area contributed by atoms with E-state index in [9.17, 15) is 19.0 Å². The van der Waals surface area contributed by atoms with Gasteiger partial charge < -0.3 is 18.9 Å². The van der Waals surface area contributed by atoms with Crippen LogP contribution in [0.5, 0.6) is 0 Å². The van der Waals surface area contributed by atoms with Gasteiger partial charge in [0.1, 0.15) is 19.8 Å². The molecule has 0 heterocycles. The highest BCUT2D eigenvalue weighted by atomic mass is 31.2. The molecule has 0 aliphatic carbocycles. The van der Waals surface area contributed by atoms with Crippen LogP contribution in [0, 0.1) is 0 Å². The van der Waals surface area contributed by atoms with Gasteiger partial charge in [0, 0.05) is 12.8 Å². The van der Waals surface area contributed by atoms with E-state index in [1.165, 1.54) is 167 Å². The maximum absolute atomic E-state index is 12.8. The number of likely N-dealkylation sites (N-methyl/N-ethyl adjacent to an activating group) is 1. The van der Waals surface area contributed by atoms with Gasteiger partial charge in [0.05, 0.1) is 27.7 Å². The van der Waals surface area contributed by atoms with Crippen molar-refractivity contribution in [2.45, 2.75) is 283 Å². The van der Waals surface area contributed by atoms with E-state index in [2.05, 4.69) is 74.6 Å². The number of allylic oxidation sites excluding steroid dienone is 10. The summed E-state index contributed by atoms with van der Waals surface area (Å²) in [4.78, 5) is 35.7. The molecule has 73 heavy (non-hydrogen) atoms. The lowest BCUT2D eigenvalue weighted by Crippen LogP contribution is -2.37. The predicted molar refractivity (Wildman–Crippen MR) is 312 cm³/mol. The molecular formula is C63H117NO8P+. The summed E-state index contributed by atoms with van der Waals surface area (Å²) in [6, 6.07) is 0. The number of hydrogen-bond donors (Lipinski definition) is 1. The third-order valence-corrected chi connectivity index (χ3v) is 14.3. The molecule has 0 aliphatic rings. The molecule has 1 N–H and O–H groups in total. The number of rotatable bonds is 56. The minimum absolute atomic E-state index is 0.0310. The van der Waals surface area contributed by atoms with Crippen molar-refractivity contribution < 1.29 is 42.1 Å². The Balaban J connectivity index is 4.02. The molecule has 0 aromatic heterocycles. The topological polar surface area (TPSA) is 108 Å². The Morgan fingerprint density at radius 3 is 1.18 bits per heavy atom. The molecule has 0 bridgehead atoms. The molecule has 10 heteroatoms. The third-order valence-electron chi connectivity index (χ3n) is 13.3. The van der Waals surface area contributed by atoms with Gasteiger partial charge in [-0.15, -0.1) is 0 Å². The lowest BCUT2D eigenvalue weighted by atomic mass is 10.0. The molecule has 2 unspecified atom stereocenters. The van der Waals surface area contributed by atoms with Gasteiger partial charge in [-0.05, 0) is 77.0 Å². The number of phosphoric acid groups is 1. The maximum atomic E-state index is 12.8. The second-order valence-electron chi connectivity index (χ2n) is 21.7. The van der Waals surface area contributed by atoms with Crippen LogP contribution in [0.1, 0.15) is 277 Å². The van der Waals surface area contributed by atoms with E-state index in [-0.39, 0.29) is 32.0 Å². The highest BCUT2D eigenvalue weighted by molar-refractivity contribution is 7.47. The van der Waals surface area contributed by atoms with Crippen molar-refractivity contribution in [1.82, 2.24) is 0 Å². The largest absolute Gasteiger partial charge is 0.472 e. The molecule has 0 radical (unpaired) electrons. The number of carbonyl (C=O) groups excluding carboxylic acids is 2. The lowest BCUT2D eigenvalue weighted by molar-refractivity contribution is -0.870. The lowest BCUT2D eigenvalue weighted by Gasteiger charge is -2.24. The van der Waals surface area contributed by atoms with Crippen molar-refractivity contribution in [2.24, 2.45) is 0 Å². The van der Waals surface area contributed by atoms with Crippen LogP contribution in [0.4, 0.5) is 0 Å². The zero-order valence-electron chi connectivity index (χ0n) is 48.4. The molecule has 0 aliphatic heterocycles. The smallest absolute Gasteiger partial charge is 0.462 e. The van der Waals surface area contributed by atoms with Gasteiger partial charge in [-0.2, -0.15) is 0 Å². The summed E-state index contributed by atoms with van der Waals surface area (Å²) in [5, 5.41) is 0. The van der Waals surface area contributed by atoms with E-state index in [1.807, 2.05) is 21.1 Å². The van der Waals surface area contributed by atoms with E-state index >= 15 is 0 Å². The van der Waals surface area contributed by atoms with Crippen LogP contribution in [0.25, 0.3) is 0 Å². The van der Waals surface area contributed by atoms with Crippen molar-refractivity contribution in [1.29, 1.82) is 0 Å². The van der Waals surface area contributed by atoms with E-state index in [1.54, 1.807) is 0 Å². The quantitative estimate of drug-likeness (QED) is 0.0211. The Labute approximate surface area is 451 Å². The molecule has 0 rings (SSSR count). The van der Waals surface area contributed by atoms with Crippen LogP contribution in [-0.2, 0) is 32.7 Å². The molecule has 0 aromatic rings. The first-order chi connectivity index (χ1) is 35.5. The number of unbranched alkanes of at least 4 members (excludes halogenated alkanes) is 32. The molecule has 0 fully saturated rings. The fourth-order valence-corrected chi connectivity index (χ4v) is 9.33. The Bertz CT molecular complexity index is 1420. The highest BCUT2D eigenvalue weighted by Crippen LogP contribution is 2.43. The van der Waals surface area contributed by atoms with Gasteiger partial charge in [-0.1, -0.05) is 248 Å². The second-order valence-corrected chi connectivity index (χ2v) is 23.2. The van der Waals surface area contributed by atoms with Crippen LogP contribution in [0.15, 0.2) is 60.8 Å². The first-order valence-electron chi connectivity index (χ1n) is 30.5. The van der Waals surface area contributed by atoms with Crippen molar-refractivity contribution >= 4 is 19.8 Å². The second kappa shape index (κ2) is 54.5. The minimum atomic E-state index is -4.39. The highest BCUT2D eigenvalue weighted by Gasteiger charge is 2.27. The third kappa shape index (κ3) is 58.8. The van der Waals surface area contributed by atoms with Gasteiger partial charge in [-0.3, -0.25) is 18.6 Å². The normalized spacial score (nSPS) is 13.7. The zero-order chi connectivity index (χ0) is 53.5. The van der Waals surface area contributed by atoms with Crippen LogP contribution < -0.4 is 0 Å². The first kappa shape index (κ1) is 70.7. The van der Waals surface area contributed by atoms with Crippen LogP contribution >= 0.6 is 7.82 Å². The van der Waals surface area contributed by atoms with E-state index in [0.29, 0.717) is 17.4 Å². The summed E-state index contributed by atoms with van der Waals surface area (Å²) in [7, 11) is 1.48. The van der Waals surface area contributed by atoms with E-state index in [0.717, 1.165) is 77.0 Å². The molecular weight excluding hydrogens is 930 g/mol. The molecule has 0 saturated carbocycles. The van der Waals surface area contributed by atoms with Gasteiger partial charge in [0.15, 0.2) is 6.10 Å². The summed E-state index contributed by atoms with van der Waals surface area (Å²) in [6.45, 7) is 4.34. The van der Waals surface area contributed by atoms with Gasteiger partial charge in [-0.25, -0.2) is 4.57 Å². The van der Waals surface area contributed by atoms with Crippen LogP contribution in [-0.4, -0.2) is 74.9 Å². The average Bonchev–Trinajstić information content (AvgIpc) is 3.35. The number of quaternary nitrogens is 1. The zero-order valence-corrected chi connectivity index (χ0v) is 49.3. The van der Waals surface area contributed by atoms with Crippen molar-refractivity contribution in [3.8, 4) is 0 Å². The number of carbonyl (C=O) groups is 2. The summed E-state index contributed by atoms with van der Waals surface area (Å²) < 4.78 is 34.6. The van der Waals surface area contributed by atoms with Gasteiger partial charge in [0.2, 0.25) is 0 Å². The van der Waals surface area contributed by atoms with Crippen LogP contribution in [0.3, 0.4) is 0 Å². The molecule has 0 amide bonds. The van der Waals surface area contributed by atoms with E-state index in [4.69, 9.17) is 18.5 Å². The molecule has 9 nitrogen and oxygen atoms in total. The SMILES string of the molecule is CC/C=C\C/C=C\C/C=C\C/C=C\CCCCCCCCCCCCCCCCCCCCCCC(=O)OC(COC(=O)CCCCCCC/C=C\CCCCCCCCC)COP(=O)(O)OCC[N+](C)(C)C. The van der Waals surface area contributed by atoms with Crippen molar-refractivity contribution in [3.63, 3.8) is 0 Å². The monoisotopic (exact) mass is 1050 g/mol. The summed E-state index contributed by atoms with van der Waals surface area (Å²) in [5.41, 5.74) is 0. The van der Waals surface area contributed by atoms with E-state index < -0.39 is 26.5 Å². The van der Waals surface area contributed by atoms with Crippen LogP contribution in [0.2, 0.25) is 0 Å². The summed E-state index contributed by atoms with van der Waals surface area (Å²) >= 11 is 0.